The number of carbonyl (C=O) groups is 1. The molecule has 0 aliphatic rings. The van der Waals surface area contributed by atoms with Crippen molar-refractivity contribution in [3.8, 4) is 0 Å². The Kier molecular flexibility index (Phi) is 5.91. The number of carboxylic acids is 1. The van der Waals surface area contributed by atoms with Gasteiger partial charge in [0.15, 0.2) is 0 Å². The lowest BCUT2D eigenvalue weighted by atomic mass is 10.4. The number of hydrogen-bond donors (Lipinski definition) is 1. The molecule has 0 radical (unpaired) electrons. The highest BCUT2D eigenvalue weighted by Gasteiger charge is 2.00. The van der Waals surface area contributed by atoms with Crippen molar-refractivity contribution in [2.75, 3.05) is 13.2 Å². The van der Waals surface area contributed by atoms with Crippen LogP contribution in [0.3, 0.4) is 0 Å². The van der Waals surface area contributed by atoms with Gasteiger partial charge in [0.25, 0.3) is 0 Å². The molecular weight excluding hydrogens is 208 g/mol. The van der Waals surface area contributed by atoms with Gasteiger partial charge in [-0.2, -0.15) is 0 Å². The molecule has 1 heterocycles. The number of aryl methyl sites for hydroxylation is 1. The van der Waals surface area contributed by atoms with Crippen molar-refractivity contribution in [2.45, 2.75) is 6.42 Å². The van der Waals surface area contributed by atoms with Gasteiger partial charge in [-0.1, -0.05) is 0 Å². The zero-order chi connectivity index (χ0) is 9.68. The van der Waals surface area contributed by atoms with Gasteiger partial charge in [-0.25, -0.2) is 9.78 Å². The van der Waals surface area contributed by atoms with Crippen LogP contribution in [0.4, 0.5) is 0 Å². The Balaban J connectivity index is 0.00000169. The van der Waals surface area contributed by atoms with Crippen molar-refractivity contribution in [1.82, 2.24) is 9.55 Å². The van der Waals surface area contributed by atoms with Gasteiger partial charge in [-0.15, -0.1) is 12.4 Å². The van der Waals surface area contributed by atoms with Crippen LogP contribution in [-0.2, 0) is 23.0 Å². The third-order valence-corrected chi connectivity index (χ3v) is 1.62. The maximum atomic E-state index is 10.1. The van der Waals surface area contributed by atoms with Crippen molar-refractivity contribution < 1.29 is 14.6 Å². The second kappa shape index (κ2) is 6.39. The Morgan fingerprint density at radius 1 is 1.71 bits per heavy atom. The molecule has 0 aliphatic heterocycles. The predicted octanol–water partition coefficient (Wildman–Crippen LogP) is 0.486. The van der Waals surface area contributed by atoms with E-state index in [1.165, 1.54) is 0 Å². The quantitative estimate of drug-likeness (QED) is 0.734. The minimum absolute atomic E-state index is 0. The number of imidazole rings is 1. The minimum Gasteiger partial charge on any atom is -0.480 e. The number of rotatable bonds is 5. The van der Waals surface area contributed by atoms with Crippen LogP contribution in [0.25, 0.3) is 0 Å². The standard InChI is InChI=1S/C8H12N2O3.ClH/c1-10-4-3-9-7(10)2-5-13-6-8(11)12;/h3-4H,2,5-6H2,1H3,(H,11,12);1H. The average molecular weight is 221 g/mol. The van der Waals surface area contributed by atoms with Crippen LogP contribution in [0.5, 0.6) is 0 Å². The molecule has 80 valence electrons. The van der Waals surface area contributed by atoms with Crippen LogP contribution in [-0.4, -0.2) is 33.8 Å². The molecule has 14 heavy (non-hydrogen) atoms. The third-order valence-electron chi connectivity index (χ3n) is 1.62. The summed E-state index contributed by atoms with van der Waals surface area (Å²) >= 11 is 0. The largest absolute Gasteiger partial charge is 0.480 e. The van der Waals surface area contributed by atoms with Gasteiger partial charge in [0.2, 0.25) is 0 Å². The Morgan fingerprint density at radius 3 is 2.93 bits per heavy atom. The lowest BCUT2D eigenvalue weighted by Crippen LogP contribution is -2.10. The summed E-state index contributed by atoms with van der Waals surface area (Å²) in [5.41, 5.74) is 0. The molecule has 0 aromatic carbocycles. The van der Waals surface area contributed by atoms with Crippen LogP contribution >= 0.6 is 12.4 Å². The first-order chi connectivity index (χ1) is 6.20. The highest BCUT2D eigenvalue weighted by atomic mass is 35.5. The van der Waals surface area contributed by atoms with E-state index in [2.05, 4.69) is 4.98 Å². The van der Waals surface area contributed by atoms with Gasteiger partial charge in [-0.3, -0.25) is 0 Å². The fraction of sp³-hybridized carbons (Fsp3) is 0.500. The summed E-state index contributed by atoms with van der Waals surface area (Å²) in [6.07, 6.45) is 4.18. The van der Waals surface area contributed by atoms with E-state index < -0.39 is 5.97 Å². The van der Waals surface area contributed by atoms with Crippen LogP contribution in [0.2, 0.25) is 0 Å². The van der Waals surface area contributed by atoms with E-state index in [0.29, 0.717) is 13.0 Å². The molecular formula is C8H13ClN2O3. The molecule has 0 amide bonds. The summed E-state index contributed by atoms with van der Waals surface area (Å²) in [6.45, 7) is 0.140. The normalized spacial score (nSPS) is 9.50. The lowest BCUT2D eigenvalue weighted by molar-refractivity contribution is -0.142. The molecule has 0 fully saturated rings. The monoisotopic (exact) mass is 220 g/mol. The summed E-state index contributed by atoms with van der Waals surface area (Å²) in [6, 6.07) is 0. The van der Waals surface area contributed by atoms with Crippen LogP contribution in [0.15, 0.2) is 12.4 Å². The molecule has 0 saturated carbocycles. The molecule has 0 aliphatic carbocycles. The van der Waals surface area contributed by atoms with E-state index in [-0.39, 0.29) is 19.0 Å². The average Bonchev–Trinajstić information content (AvgIpc) is 2.45. The summed E-state index contributed by atoms with van der Waals surface area (Å²) in [7, 11) is 1.89. The van der Waals surface area contributed by atoms with Crippen molar-refractivity contribution in [3.63, 3.8) is 0 Å². The molecule has 5 nitrogen and oxygen atoms in total. The van der Waals surface area contributed by atoms with Gasteiger partial charge >= 0.3 is 5.97 Å². The first kappa shape index (κ1) is 12.9. The second-order valence-electron chi connectivity index (χ2n) is 2.65. The number of aromatic nitrogens is 2. The van der Waals surface area contributed by atoms with Gasteiger partial charge in [-0.05, 0) is 0 Å². The van der Waals surface area contributed by atoms with E-state index in [0.717, 1.165) is 5.82 Å². The molecule has 0 unspecified atom stereocenters. The molecule has 0 spiro atoms. The summed E-state index contributed by atoms with van der Waals surface area (Å²) in [5, 5.41) is 8.28. The third kappa shape index (κ3) is 4.25. The van der Waals surface area contributed by atoms with E-state index in [4.69, 9.17) is 9.84 Å². The van der Waals surface area contributed by atoms with Gasteiger partial charge in [0.1, 0.15) is 12.4 Å². The maximum absolute atomic E-state index is 10.1. The SMILES string of the molecule is Cl.Cn1ccnc1CCOCC(=O)O. The Hall–Kier alpha value is -1.07. The van der Waals surface area contributed by atoms with E-state index in [1.54, 1.807) is 6.20 Å². The smallest absolute Gasteiger partial charge is 0.329 e. The topological polar surface area (TPSA) is 64.4 Å². The number of hydrogen-bond acceptors (Lipinski definition) is 3. The zero-order valence-electron chi connectivity index (χ0n) is 7.84. The summed E-state index contributed by atoms with van der Waals surface area (Å²) in [5.74, 6) is -0.0507. The Bertz CT molecular complexity index is 288. The number of nitrogens with zero attached hydrogens (tertiary/aromatic N) is 2. The number of ether oxygens (including phenoxy) is 1. The second-order valence-corrected chi connectivity index (χ2v) is 2.65. The first-order valence-corrected chi connectivity index (χ1v) is 3.96. The molecule has 0 bridgehead atoms. The van der Waals surface area contributed by atoms with Crippen LogP contribution < -0.4 is 0 Å². The maximum Gasteiger partial charge on any atom is 0.329 e. The van der Waals surface area contributed by atoms with Crippen molar-refractivity contribution in [1.29, 1.82) is 0 Å². The van der Waals surface area contributed by atoms with Crippen molar-refractivity contribution in [3.05, 3.63) is 18.2 Å². The molecule has 6 heteroatoms. The van der Waals surface area contributed by atoms with Gasteiger partial charge in [0.05, 0.1) is 6.61 Å². The molecule has 0 atom stereocenters. The molecule has 1 rings (SSSR count). The molecule has 0 saturated heterocycles. The van der Waals surface area contributed by atoms with Crippen LogP contribution in [0, 0.1) is 0 Å². The lowest BCUT2D eigenvalue weighted by Gasteiger charge is -2.01. The van der Waals surface area contributed by atoms with Crippen molar-refractivity contribution >= 4 is 18.4 Å². The van der Waals surface area contributed by atoms with E-state index >= 15 is 0 Å². The Labute approximate surface area is 88.1 Å². The summed E-state index contributed by atoms with van der Waals surface area (Å²) in [4.78, 5) is 14.1. The minimum atomic E-state index is -0.945. The highest BCUT2D eigenvalue weighted by Crippen LogP contribution is 1.95. The molecule has 1 N–H and O–H groups in total. The highest BCUT2D eigenvalue weighted by molar-refractivity contribution is 5.85. The van der Waals surface area contributed by atoms with E-state index in [9.17, 15) is 4.79 Å². The van der Waals surface area contributed by atoms with Gasteiger partial charge < -0.3 is 14.4 Å². The Morgan fingerprint density at radius 2 is 2.43 bits per heavy atom. The van der Waals surface area contributed by atoms with Crippen LogP contribution in [0.1, 0.15) is 5.82 Å². The fourth-order valence-electron chi connectivity index (χ4n) is 0.960. The number of carboxylic acid groups (broad SMARTS) is 1. The number of halogens is 1. The van der Waals surface area contributed by atoms with E-state index in [1.807, 2.05) is 17.8 Å². The summed E-state index contributed by atoms with van der Waals surface area (Å²) < 4.78 is 6.75. The first-order valence-electron chi connectivity index (χ1n) is 3.96. The predicted molar refractivity (Wildman–Crippen MR) is 52.6 cm³/mol. The molecule has 1 aromatic heterocycles. The van der Waals surface area contributed by atoms with Gasteiger partial charge in [0, 0.05) is 25.9 Å². The number of aliphatic carboxylic acids is 1. The molecule has 1 aromatic rings. The van der Waals surface area contributed by atoms with Crippen molar-refractivity contribution in [2.24, 2.45) is 7.05 Å². The fourth-order valence-corrected chi connectivity index (χ4v) is 0.960. The zero-order valence-corrected chi connectivity index (χ0v) is 8.66.